The van der Waals surface area contributed by atoms with Crippen LogP contribution in [0.15, 0.2) is 54.6 Å². The molecule has 0 bridgehead atoms. The van der Waals surface area contributed by atoms with Crippen LogP contribution < -0.4 is 0 Å². The molecule has 0 aliphatic heterocycles. The number of rotatable bonds is 2. The van der Waals surface area contributed by atoms with Gasteiger partial charge in [0.05, 0.1) is 0 Å². The predicted octanol–water partition coefficient (Wildman–Crippen LogP) is 3.97. The Hall–Kier alpha value is -2.21. The summed E-state index contributed by atoms with van der Waals surface area (Å²) < 4.78 is 26.1. The Morgan fingerprint density at radius 3 is 1.88 bits per heavy atom. The highest BCUT2D eigenvalue weighted by Gasteiger charge is 2.30. The first-order chi connectivity index (χ1) is 8.13. The Balaban J connectivity index is 2.35. The van der Waals surface area contributed by atoms with E-state index >= 15 is 0 Å². The molecule has 2 aromatic carbocycles. The van der Waals surface area contributed by atoms with E-state index in [4.69, 9.17) is 5.26 Å². The summed E-state index contributed by atoms with van der Waals surface area (Å²) in [7, 11) is 0. The third-order valence-electron chi connectivity index (χ3n) is 2.49. The van der Waals surface area contributed by atoms with Gasteiger partial charge >= 0.3 is 5.92 Å². The third kappa shape index (κ3) is 2.31. The lowest BCUT2D eigenvalue weighted by atomic mass is 10.0. The van der Waals surface area contributed by atoms with Gasteiger partial charge in [-0.2, -0.15) is 14.0 Å². The quantitative estimate of drug-likeness (QED) is 0.764. The summed E-state index contributed by atoms with van der Waals surface area (Å²) in [6.45, 7) is 0. The third-order valence-corrected chi connectivity index (χ3v) is 2.49. The molecule has 0 heterocycles. The van der Waals surface area contributed by atoms with E-state index in [2.05, 4.69) is 0 Å². The molecule has 0 aromatic heterocycles. The van der Waals surface area contributed by atoms with Gasteiger partial charge in [-0.1, -0.05) is 54.6 Å². The van der Waals surface area contributed by atoms with Crippen molar-refractivity contribution < 1.29 is 8.78 Å². The minimum absolute atomic E-state index is 0.278. The molecule has 84 valence electrons. The van der Waals surface area contributed by atoms with Crippen LogP contribution in [0.4, 0.5) is 8.78 Å². The van der Waals surface area contributed by atoms with Crippen LogP contribution in [0.1, 0.15) is 5.56 Å². The topological polar surface area (TPSA) is 23.8 Å². The molecule has 1 nitrogen and oxygen atoms in total. The van der Waals surface area contributed by atoms with Gasteiger partial charge in [-0.15, -0.1) is 0 Å². The fourth-order valence-corrected chi connectivity index (χ4v) is 1.57. The molecular weight excluding hydrogens is 220 g/mol. The van der Waals surface area contributed by atoms with E-state index in [9.17, 15) is 8.78 Å². The highest BCUT2D eigenvalue weighted by atomic mass is 19.3. The van der Waals surface area contributed by atoms with Crippen molar-refractivity contribution in [2.75, 3.05) is 0 Å². The van der Waals surface area contributed by atoms with Gasteiger partial charge in [0.2, 0.25) is 0 Å². The van der Waals surface area contributed by atoms with Crippen LogP contribution in [0.3, 0.4) is 0 Å². The van der Waals surface area contributed by atoms with Crippen LogP contribution in [0.25, 0.3) is 11.1 Å². The summed E-state index contributed by atoms with van der Waals surface area (Å²) in [6, 6.07) is 16.2. The molecule has 0 aliphatic rings. The zero-order chi connectivity index (χ0) is 12.3. The highest BCUT2D eigenvalue weighted by molar-refractivity contribution is 5.63. The number of benzene rings is 2. The van der Waals surface area contributed by atoms with E-state index < -0.39 is 5.92 Å². The van der Waals surface area contributed by atoms with Crippen LogP contribution in [-0.2, 0) is 5.92 Å². The van der Waals surface area contributed by atoms with Gasteiger partial charge in [0.25, 0.3) is 0 Å². The average molecular weight is 229 g/mol. The van der Waals surface area contributed by atoms with Crippen molar-refractivity contribution in [3.8, 4) is 17.2 Å². The summed E-state index contributed by atoms with van der Waals surface area (Å²) in [6.07, 6.45) is 0. The molecular formula is C14H9F2N. The van der Waals surface area contributed by atoms with Gasteiger partial charge in [-0.05, 0) is 11.1 Å². The predicted molar refractivity (Wildman–Crippen MR) is 61.4 cm³/mol. The monoisotopic (exact) mass is 229 g/mol. The molecule has 0 N–H and O–H groups in total. The molecule has 0 aliphatic carbocycles. The Labute approximate surface area is 97.9 Å². The minimum atomic E-state index is -3.42. The first-order valence-electron chi connectivity index (χ1n) is 5.08. The smallest absolute Gasteiger partial charge is 0.191 e. The average Bonchev–Trinajstić information content (AvgIpc) is 2.40. The van der Waals surface area contributed by atoms with Crippen molar-refractivity contribution in [1.82, 2.24) is 0 Å². The molecule has 3 heteroatoms. The summed E-state index contributed by atoms with van der Waals surface area (Å²) in [5, 5.41) is 8.33. The van der Waals surface area contributed by atoms with Crippen molar-refractivity contribution >= 4 is 0 Å². The molecule has 0 atom stereocenters. The molecule has 0 fully saturated rings. The number of nitrogens with zero attached hydrogens (tertiary/aromatic N) is 1. The first-order valence-corrected chi connectivity index (χ1v) is 5.08. The lowest BCUT2D eigenvalue weighted by Gasteiger charge is -2.08. The van der Waals surface area contributed by atoms with Crippen molar-refractivity contribution in [2.45, 2.75) is 5.92 Å². The first kappa shape index (κ1) is 11.3. The zero-order valence-corrected chi connectivity index (χ0v) is 8.90. The summed E-state index contributed by atoms with van der Waals surface area (Å²) >= 11 is 0. The summed E-state index contributed by atoms with van der Waals surface area (Å²) in [5.74, 6) is -3.42. The number of hydrogen-bond acceptors (Lipinski definition) is 1. The van der Waals surface area contributed by atoms with E-state index in [-0.39, 0.29) is 5.56 Å². The van der Waals surface area contributed by atoms with Crippen LogP contribution in [0.5, 0.6) is 0 Å². The Morgan fingerprint density at radius 1 is 0.824 bits per heavy atom. The number of nitriles is 1. The van der Waals surface area contributed by atoms with E-state index in [1.807, 2.05) is 30.3 Å². The number of alkyl halides is 2. The van der Waals surface area contributed by atoms with E-state index in [1.165, 1.54) is 12.1 Å². The van der Waals surface area contributed by atoms with Crippen LogP contribution in [0.2, 0.25) is 0 Å². The van der Waals surface area contributed by atoms with E-state index in [1.54, 1.807) is 12.1 Å². The normalized spacial score (nSPS) is 10.9. The van der Waals surface area contributed by atoms with Gasteiger partial charge in [0, 0.05) is 5.56 Å². The molecule has 0 saturated carbocycles. The molecule has 2 rings (SSSR count). The summed E-state index contributed by atoms with van der Waals surface area (Å²) in [5.41, 5.74) is 1.53. The maximum absolute atomic E-state index is 13.1. The summed E-state index contributed by atoms with van der Waals surface area (Å²) in [4.78, 5) is 0. The van der Waals surface area contributed by atoms with Crippen LogP contribution >= 0.6 is 0 Å². The fourth-order valence-electron chi connectivity index (χ4n) is 1.57. The van der Waals surface area contributed by atoms with Gasteiger partial charge in [0.1, 0.15) is 6.07 Å². The molecule has 0 saturated heterocycles. The maximum Gasteiger partial charge on any atom is 0.357 e. The Bertz CT molecular complexity index is 539. The molecule has 0 radical (unpaired) electrons. The maximum atomic E-state index is 13.1. The number of hydrogen-bond donors (Lipinski definition) is 0. The lowest BCUT2D eigenvalue weighted by Crippen LogP contribution is -2.09. The minimum Gasteiger partial charge on any atom is -0.191 e. The van der Waals surface area contributed by atoms with E-state index in [0.717, 1.165) is 17.2 Å². The second-order valence-electron chi connectivity index (χ2n) is 3.63. The Morgan fingerprint density at radius 2 is 1.35 bits per heavy atom. The van der Waals surface area contributed by atoms with Crippen molar-refractivity contribution in [3.05, 3.63) is 60.2 Å². The molecule has 2 aromatic rings. The van der Waals surface area contributed by atoms with E-state index in [0.29, 0.717) is 0 Å². The van der Waals surface area contributed by atoms with Gasteiger partial charge in [-0.3, -0.25) is 0 Å². The number of halogens is 2. The van der Waals surface area contributed by atoms with Crippen molar-refractivity contribution in [1.29, 1.82) is 5.26 Å². The fraction of sp³-hybridized carbons (Fsp3) is 0.0714. The van der Waals surface area contributed by atoms with Crippen LogP contribution in [0, 0.1) is 11.3 Å². The van der Waals surface area contributed by atoms with Crippen molar-refractivity contribution in [2.24, 2.45) is 0 Å². The second kappa shape index (κ2) is 4.34. The Kier molecular flexibility index (Phi) is 2.88. The lowest BCUT2D eigenvalue weighted by molar-refractivity contribution is 0.0613. The highest BCUT2D eigenvalue weighted by Crippen LogP contribution is 2.29. The van der Waals surface area contributed by atoms with Gasteiger partial charge in [0.15, 0.2) is 0 Å². The molecule has 0 unspecified atom stereocenters. The second-order valence-corrected chi connectivity index (χ2v) is 3.63. The molecule has 17 heavy (non-hydrogen) atoms. The SMILES string of the molecule is N#CC(F)(F)c1ccc(-c2ccccc2)cc1. The largest absolute Gasteiger partial charge is 0.357 e. The van der Waals surface area contributed by atoms with Crippen LogP contribution in [-0.4, -0.2) is 0 Å². The standard InChI is InChI=1S/C14H9F2N/c15-14(16,10-17)13-8-6-12(7-9-13)11-4-2-1-3-5-11/h1-9H. The van der Waals surface area contributed by atoms with Gasteiger partial charge in [-0.25, -0.2) is 0 Å². The van der Waals surface area contributed by atoms with Crippen molar-refractivity contribution in [3.63, 3.8) is 0 Å². The van der Waals surface area contributed by atoms with Gasteiger partial charge < -0.3 is 0 Å². The molecule has 0 spiro atoms. The zero-order valence-electron chi connectivity index (χ0n) is 8.90. The molecule has 0 amide bonds.